The summed E-state index contributed by atoms with van der Waals surface area (Å²) in [6.45, 7) is 2.84. The van der Waals surface area contributed by atoms with Crippen LogP contribution < -0.4 is 15.5 Å². The number of nitrogens with one attached hydrogen (secondary N) is 1. The molecule has 2 aromatic carbocycles. The lowest BCUT2D eigenvalue weighted by Crippen LogP contribution is -2.32. The highest BCUT2D eigenvalue weighted by molar-refractivity contribution is 6.35. The summed E-state index contributed by atoms with van der Waals surface area (Å²) in [7, 11) is 0. The quantitative estimate of drug-likeness (QED) is 0.771. The van der Waals surface area contributed by atoms with E-state index in [2.05, 4.69) is 5.32 Å². The second kappa shape index (κ2) is 6.50. The molecule has 0 saturated heterocycles. The molecule has 5 nitrogen and oxygen atoms in total. The fraction of sp³-hybridized carbons (Fsp3) is 0.200. The van der Waals surface area contributed by atoms with E-state index in [-0.39, 0.29) is 17.1 Å². The summed E-state index contributed by atoms with van der Waals surface area (Å²) < 4.78 is 7.68. The summed E-state index contributed by atoms with van der Waals surface area (Å²) in [6, 6.07) is 12.9. The summed E-state index contributed by atoms with van der Waals surface area (Å²) in [4.78, 5) is 25.6. The van der Waals surface area contributed by atoms with Gasteiger partial charge in [-0.2, -0.15) is 0 Å². The smallest absolute Gasteiger partial charge is 0.257 e. The molecule has 0 bridgehead atoms. The fourth-order valence-corrected chi connectivity index (χ4v) is 3.51. The van der Waals surface area contributed by atoms with Crippen LogP contribution in [0.3, 0.4) is 0 Å². The topological polar surface area (TPSA) is 60.3 Å². The van der Waals surface area contributed by atoms with Crippen molar-refractivity contribution in [1.29, 1.82) is 0 Å². The van der Waals surface area contributed by atoms with Crippen LogP contribution in [0.4, 0.5) is 0 Å². The summed E-state index contributed by atoms with van der Waals surface area (Å²) in [5.74, 6) is 0.196. The first-order chi connectivity index (χ1) is 12.5. The minimum atomic E-state index is -0.412. The normalized spacial score (nSPS) is 15.5. The largest absolute Gasteiger partial charge is 0.487 e. The molecule has 2 heterocycles. The van der Waals surface area contributed by atoms with Crippen LogP contribution in [0.1, 0.15) is 22.8 Å². The third-order valence-electron chi connectivity index (χ3n) is 4.46. The van der Waals surface area contributed by atoms with E-state index in [0.717, 1.165) is 5.56 Å². The Kier molecular flexibility index (Phi) is 4.17. The number of hydrogen-bond acceptors (Lipinski definition) is 3. The lowest BCUT2D eigenvalue weighted by Gasteiger charge is -2.26. The van der Waals surface area contributed by atoms with Gasteiger partial charge in [-0.05, 0) is 24.6 Å². The number of benzene rings is 2. The van der Waals surface area contributed by atoms with Crippen LogP contribution in [0.5, 0.6) is 5.75 Å². The predicted molar refractivity (Wildman–Crippen MR) is 101 cm³/mol. The summed E-state index contributed by atoms with van der Waals surface area (Å²) in [5.41, 5.74) is 1.30. The average molecular weight is 369 g/mol. The molecule has 1 aliphatic heterocycles. The number of aromatic nitrogens is 1. The van der Waals surface area contributed by atoms with Gasteiger partial charge < -0.3 is 14.6 Å². The van der Waals surface area contributed by atoms with Gasteiger partial charge in [0.1, 0.15) is 17.4 Å². The van der Waals surface area contributed by atoms with E-state index in [9.17, 15) is 9.59 Å². The highest BCUT2D eigenvalue weighted by Crippen LogP contribution is 2.33. The van der Waals surface area contributed by atoms with Gasteiger partial charge in [0.25, 0.3) is 5.91 Å². The Morgan fingerprint density at radius 3 is 2.81 bits per heavy atom. The molecule has 0 radical (unpaired) electrons. The van der Waals surface area contributed by atoms with Gasteiger partial charge in [0.2, 0.25) is 5.43 Å². The average Bonchev–Trinajstić information content (AvgIpc) is 2.64. The maximum absolute atomic E-state index is 12.9. The van der Waals surface area contributed by atoms with Crippen LogP contribution >= 0.6 is 11.6 Å². The van der Waals surface area contributed by atoms with Gasteiger partial charge in [-0.15, -0.1) is 0 Å². The van der Waals surface area contributed by atoms with Crippen molar-refractivity contribution >= 4 is 28.4 Å². The molecular formula is C20H17ClN2O3. The molecule has 4 rings (SSSR count). The third kappa shape index (κ3) is 2.84. The van der Waals surface area contributed by atoms with Crippen LogP contribution in [0.25, 0.3) is 10.9 Å². The summed E-state index contributed by atoms with van der Waals surface area (Å²) >= 11 is 6.27. The third-order valence-corrected chi connectivity index (χ3v) is 4.77. The summed E-state index contributed by atoms with van der Waals surface area (Å²) in [5, 5.41) is 3.45. The predicted octanol–water partition coefficient (Wildman–Crippen LogP) is 3.37. The standard InChI is InChI=1S/C20H17ClN2O3/c1-12-10-23-11-14(20(25)22-9-13-5-3-2-4-6-13)19(24)17-15(21)7-8-16(26-12)18(17)23/h2-8,11-12H,9-10H2,1H3,(H,22,25)/t12-/m1/s1. The van der Waals surface area contributed by atoms with Gasteiger partial charge >= 0.3 is 0 Å². The highest BCUT2D eigenvalue weighted by Gasteiger charge is 2.24. The van der Waals surface area contributed by atoms with Crippen LogP contribution in [0.2, 0.25) is 5.02 Å². The Bertz CT molecular complexity index is 1060. The van der Waals surface area contributed by atoms with E-state index in [1.807, 2.05) is 41.8 Å². The number of hydrogen-bond donors (Lipinski definition) is 1. The molecule has 0 unspecified atom stereocenters. The van der Waals surface area contributed by atoms with Crippen molar-refractivity contribution in [2.24, 2.45) is 0 Å². The minimum Gasteiger partial charge on any atom is -0.487 e. The first kappa shape index (κ1) is 16.7. The fourth-order valence-electron chi connectivity index (χ4n) is 3.27. The maximum Gasteiger partial charge on any atom is 0.257 e. The van der Waals surface area contributed by atoms with Crippen LogP contribution in [-0.2, 0) is 13.1 Å². The van der Waals surface area contributed by atoms with Crippen molar-refractivity contribution in [1.82, 2.24) is 9.88 Å². The second-order valence-corrected chi connectivity index (χ2v) is 6.80. The monoisotopic (exact) mass is 368 g/mol. The van der Waals surface area contributed by atoms with Crippen molar-refractivity contribution in [2.45, 2.75) is 26.1 Å². The molecule has 0 aliphatic carbocycles. The molecule has 6 heteroatoms. The molecule has 1 N–H and O–H groups in total. The highest BCUT2D eigenvalue weighted by atomic mass is 35.5. The van der Waals surface area contributed by atoms with E-state index in [4.69, 9.17) is 16.3 Å². The van der Waals surface area contributed by atoms with E-state index in [1.54, 1.807) is 18.3 Å². The number of pyridine rings is 1. The molecule has 0 saturated carbocycles. The lowest BCUT2D eigenvalue weighted by molar-refractivity contribution is 0.0948. The van der Waals surface area contributed by atoms with E-state index in [0.29, 0.717) is 34.8 Å². The van der Waals surface area contributed by atoms with E-state index in [1.165, 1.54) is 0 Å². The van der Waals surface area contributed by atoms with Gasteiger partial charge in [-0.25, -0.2) is 0 Å². The SMILES string of the molecule is C[C@@H]1Cn2cc(C(=O)NCc3ccccc3)c(=O)c3c(Cl)ccc(c32)O1. The number of amides is 1. The molecule has 1 atom stereocenters. The minimum absolute atomic E-state index is 0.0605. The van der Waals surface area contributed by atoms with Gasteiger partial charge in [-0.1, -0.05) is 41.9 Å². The van der Waals surface area contributed by atoms with Crippen molar-refractivity contribution in [3.8, 4) is 5.75 Å². The first-order valence-electron chi connectivity index (χ1n) is 8.39. The van der Waals surface area contributed by atoms with E-state index >= 15 is 0 Å². The van der Waals surface area contributed by atoms with Crippen LogP contribution in [-0.4, -0.2) is 16.6 Å². The number of halogens is 1. The van der Waals surface area contributed by atoms with Crippen LogP contribution in [0, 0.1) is 0 Å². The number of ether oxygens (including phenoxy) is 1. The molecule has 1 aliphatic rings. The zero-order valence-corrected chi connectivity index (χ0v) is 14.9. The van der Waals surface area contributed by atoms with Crippen molar-refractivity contribution < 1.29 is 9.53 Å². The number of carbonyl (C=O) groups is 1. The van der Waals surface area contributed by atoms with Crippen molar-refractivity contribution in [3.63, 3.8) is 0 Å². The first-order valence-corrected chi connectivity index (χ1v) is 8.77. The Morgan fingerprint density at radius 1 is 1.27 bits per heavy atom. The summed E-state index contributed by atoms with van der Waals surface area (Å²) in [6.07, 6.45) is 1.54. The number of carbonyl (C=O) groups excluding carboxylic acids is 1. The number of rotatable bonds is 3. The number of nitrogens with zero attached hydrogens (tertiary/aromatic N) is 1. The lowest BCUT2D eigenvalue weighted by atomic mass is 10.1. The van der Waals surface area contributed by atoms with Crippen LogP contribution in [0.15, 0.2) is 53.5 Å². The zero-order valence-electron chi connectivity index (χ0n) is 14.2. The van der Waals surface area contributed by atoms with Gasteiger partial charge in [-0.3, -0.25) is 9.59 Å². The van der Waals surface area contributed by atoms with Crippen molar-refractivity contribution in [3.05, 3.63) is 75.0 Å². The molecular weight excluding hydrogens is 352 g/mol. The van der Waals surface area contributed by atoms with Gasteiger partial charge in [0, 0.05) is 12.7 Å². The van der Waals surface area contributed by atoms with Gasteiger partial charge in [0.15, 0.2) is 0 Å². The molecule has 0 spiro atoms. The van der Waals surface area contributed by atoms with E-state index < -0.39 is 5.91 Å². The molecule has 132 valence electrons. The second-order valence-electron chi connectivity index (χ2n) is 6.39. The maximum atomic E-state index is 12.9. The Balaban J connectivity index is 1.77. The molecule has 3 aromatic rings. The molecule has 1 amide bonds. The molecule has 0 fully saturated rings. The molecule has 1 aromatic heterocycles. The Labute approximate surface area is 155 Å². The Morgan fingerprint density at radius 2 is 2.04 bits per heavy atom. The van der Waals surface area contributed by atoms with Crippen molar-refractivity contribution in [2.75, 3.05) is 0 Å². The Hall–Kier alpha value is -2.79. The van der Waals surface area contributed by atoms with Gasteiger partial charge in [0.05, 0.1) is 22.5 Å². The molecule has 26 heavy (non-hydrogen) atoms. The zero-order chi connectivity index (χ0) is 18.3.